The van der Waals surface area contributed by atoms with E-state index in [0.717, 1.165) is 17.7 Å². The molecule has 1 aliphatic heterocycles. The zero-order valence-corrected chi connectivity index (χ0v) is 13.0. The number of hydrogen-bond donors (Lipinski definition) is 3. The monoisotopic (exact) mass is 310 g/mol. The molecular formula is C19H22N2O2. The number of rotatable bonds is 5. The Morgan fingerprint density at radius 1 is 1.04 bits per heavy atom. The van der Waals surface area contributed by atoms with E-state index >= 15 is 0 Å². The largest absolute Gasteiger partial charge is 0.391 e. The third-order valence-electron chi connectivity index (χ3n) is 4.37. The van der Waals surface area contributed by atoms with Crippen molar-refractivity contribution >= 4 is 5.91 Å². The van der Waals surface area contributed by atoms with Gasteiger partial charge in [0.05, 0.1) is 12.0 Å². The van der Waals surface area contributed by atoms with Gasteiger partial charge in [-0.25, -0.2) is 0 Å². The fourth-order valence-electron chi connectivity index (χ4n) is 3.05. The Kier molecular flexibility index (Phi) is 5.05. The third-order valence-corrected chi connectivity index (χ3v) is 4.37. The van der Waals surface area contributed by atoms with Crippen LogP contribution < -0.4 is 10.6 Å². The van der Waals surface area contributed by atoms with Crippen LogP contribution in [0.2, 0.25) is 0 Å². The van der Waals surface area contributed by atoms with Gasteiger partial charge in [-0.15, -0.1) is 0 Å². The van der Waals surface area contributed by atoms with Crippen molar-refractivity contribution in [3.8, 4) is 0 Å². The molecule has 120 valence electrons. The van der Waals surface area contributed by atoms with Gasteiger partial charge in [-0.2, -0.15) is 0 Å². The van der Waals surface area contributed by atoms with Crippen LogP contribution in [0.15, 0.2) is 60.7 Å². The Hall–Kier alpha value is -2.17. The molecule has 23 heavy (non-hydrogen) atoms. The number of benzene rings is 2. The molecule has 2 aromatic rings. The highest BCUT2D eigenvalue weighted by atomic mass is 16.3. The summed E-state index contributed by atoms with van der Waals surface area (Å²) in [6.07, 6.45) is -0.387. The lowest BCUT2D eigenvalue weighted by Crippen LogP contribution is -2.37. The van der Waals surface area contributed by atoms with Crippen LogP contribution in [0.1, 0.15) is 17.0 Å². The summed E-state index contributed by atoms with van der Waals surface area (Å²) in [5.74, 6) is -0.281. The molecule has 0 aliphatic carbocycles. The first-order chi connectivity index (χ1) is 11.3. The number of aliphatic hydroxyl groups excluding tert-OH is 1. The number of carbonyl (C=O) groups is 1. The first-order valence-electron chi connectivity index (χ1n) is 8.02. The van der Waals surface area contributed by atoms with Crippen LogP contribution in [-0.2, 0) is 4.79 Å². The Balaban J connectivity index is 1.77. The molecule has 2 unspecified atom stereocenters. The summed E-state index contributed by atoms with van der Waals surface area (Å²) in [5.41, 5.74) is 1.95. The molecule has 1 saturated heterocycles. The molecule has 0 bridgehead atoms. The summed E-state index contributed by atoms with van der Waals surface area (Å²) in [5, 5.41) is 16.0. The predicted molar refractivity (Wildman–Crippen MR) is 90.1 cm³/mol. The van der Waals surface area contributed by atoms with Crippen LogP contribution in [0, 0.1) is 5.92 Å². The van der Waals surface area contributed by atoms with Crippen molar-refractivity contribution < 1.29 is 9.90 Å². The van der Waals surface area contributed by atoms with Crippen LogP contribution >= 0.6 is 0 Å². The minimum Gasteiger partial charge on any atom is -0.391 e. The van der Waals surface area contributed by atoms with Gasteiger partial charge < -0.3 is 15.7 Å². The molecule has 0 radical (unpaired) electrons. The van der Waals surface area contributed by atoms with Crippen LogP contribution in [-0.4, -0.2) is 36.8 Å². The molecule has 1 amide bonds. The van der Waals surface area contributed by atoms with Crippen LogP contribution in [0.3, 0.4) is 0 Å². The summed E-state index contributed by atoms with van der Waals surface area (Å²) < 4.78 is 0. The van der Waals surface area contributed by atoms with E-state index < -0.39 is 0 Å². The second kappa shape index (κ2) is 7.40. The summed E-state index contributed by atoms with van der Waals surface area (Å²) in [6, 6.07) is 19.6. The summed E-state index contributed by atoms with van der Waals surface area (Å²) in [7, 11) is 0. The fraction of sp³-hybridized carbons (Fsp3) is 0.316. The summed E-state index contributed by atoms with van der Waals surface area (Å²) in [4.78, 5) is 12.8. The second-order valence-corrected chi connectivity index (χ2v) is 5.99. The van der Waals surface area contributed by atoms with E-state index in [2.05, 4.69) is 10.6 Å². The Labute approximate surface area is 136 Å². The lowest BCUT2D eigenvalue weighted by atomic mass is 9.90. The maximum atomic E-state index is 12.8. The summed E-state index contributed by atoms with van der Waals surface area (Å²) >= 11 is 0. The topological polar surface area (TPSA) is 61.4 Å². The van der Waals surface area contributed by atoms with E-state index in [1.807, 2.05) is 60.7 Å². The number of nitrogens with one attached hydrogen (secondary N) is 2. The van der Waals surface area contributed by atoms with Crippen molar-refractivity contribution in [2.24, 2.45) is 5.92 Å². The van der Waals surface area contributed by atoms with Gasteiger partial charge in [0, 0.05) is 25.6 Å². The molecule has 4 heteroatoms. The zero-order valence-electron chi connectivity index (χ0n) is 13.0. The van der Waals surface area contributed by atoms with Crippen LogP contribution in [0.4, 0.5) is 0 Å². The first-order valence-corrected chi connectivity index (χ1v) is 8.02. The number of β-amino-alcohol motifs (C(OH)–C–C–N with tert-alkyl or cyclic N) is 1. The molecule has 3 rings (SSSR count). The molecule has 1 fully saturated rings. The highest BCUT2D eigenvalue weighted by molar-refractivity contribution is 5.87. The molecule has 0 saturated carbocycles. The highest BCUT2D eigenvalue weighted by Crippen LogP contribution is 2.24. The number of carbonyl (C=O) groups excluding carboxylic acids is 1. The van der Waals surface area contributed by atoms with Gasteiger partial charge in [0.25, 0.3) is 0 Å². The molecule has 3 N–H and O–H groups in total. The Morgan fingerprint density at radius 2 is 1.61 bits per heavy atom. The van der Waals surface area contributed by atoms with E-state index in [4.69, 9.17) is 0 Å². The molecule has 1 aliphatic rings. The van der Waals surface area contributed by atoms with Crippen molar-refractivity contribution in [2.75, 3.05) is 19.6 Å². The zero-order chi connectivity index (χ0) is 16.1. The molecule has 0 aromatic heterocycles. The average Bonchev–Trinajstić information content (AvgIpc) is 3.00. The van der Waals surface area contributed by atoms with Crippen molar-refractivity contribution in [1.82, 2.24) is 10.6 Å². The predicted octanol–water partition coefficient (Wildman–Crippen LogP) is 1.52. The Bertz CT molecular complexity index is 591. The number of amides is 1. The standard InChI is InChI=1S/C19H22N2O2/c22-17-13-20-11-16(17)12-21-19(23)18(14-7-3-1-4-8-14)15-9-5-2-6-10-15/h1-10,16-18,20,22H,11-13H2,(H,21,23). The smallest absolute Gasteiger partial charge is 0.232 e. The fourth-order valence-corrected chi connectivity index (χ4v) is 3.05. The van der Waals surface area contributed by atoms with E-state index in [1.54, 1.807) is 0 Å². The SMILES string of the molecule is O=C(NCC1CNCC1O)C(c1ccccc1)c1ccccc1. The van der Waals surface area contributed by atoms with Crippen LogP contribution in [0.25, 0.3) is 0 Å². The molecule has 4 nitrogen and oxygen atoms in total. The average molecular weight is 310 g/mol. The van der Waals surface area contributed by atoms with Gasteiger partial charge in [0.15, 0.2) is 0 Å². The van der Waals surface area contributed by atoms with Gasteiger partial charge in [-0.05, 0) is 11.1 Å². The molecule has 2 aromatic carbocycles. The molecular weight excluding hydrogens is 288 g/mol. The molecule has 1 heterocycles. The number of aliphatic hydroxyl groups is 1. The Morgan fingerprint density at radius 3 is 2.09 bits per heavy atom. The van der Waals surface area contributed by atoms with Gasteiger partial charge >= 0.3 is 0 Å². The third kappa shape index (κ3) is 3.78. The van der Waals surface area contributed by atoms with Gasteiger partial charge in [-0.3, -0.25) is 4.79 Å². The van der Waals surface area contributed by atoms with Gasteiger partial charge in [0.2, 0.25) is 5.91 Å². The maximum Gasteiger partial charge on any atom is 0.232 e. The van der Waals surface area contributed by atoms with E-state index in [0.29, 0.717) is 13.1 Å². The van der Waals surface area contributed by atoms with E-state index in [9.17, 15) is 9.90 Å². The van der Waals surface area contributed by atoms with Crippen molar-refractivity contribution in [3.05, 3.63) is 71.8 Å². The minimum atomic E-state index is -0.387. The van der Waals surface area contributed by atoms with E-state index in [1.165, 1.54) is 0 Å². The van der Waals surface area contributed by atoms with Crippen molar-refractivity contribution in [1.29, 1.82) is 0 Å². The van der Waals surface area contributed by atoms with Crippen molar-refractivity contribution in [3.63, 3.8) is 0 Å². The highest BCUT2D eigenvalue weighted by Gasteiger charge is 2.27. The summed E-state index contributed by atoms with van der Waals surface area (Å²) in [6.45, 7) is 1.83. The quantitative estimate of drug-likeness (QED) is 0.784. The van der Waals surface area contributed by atoms with Gasteiger partial charge in [-0.1, -0.05) is 60.7 Å². The van der Waals surface area contributed by atoms with E-state index in [-0.39, 0.29) is 23.8 Å². The first kappa shape index (κ1) is 15.7. The molecule has 2 atom stereocenters. The van der Waals surface area contributed by atoms with Crippen LogP contribution in [0.5, 0.6) is 0 Å². The lowest BCUT2D eigenvalue weighted by molar-refractivity contribution is -0.121. The van der Waals surface area contributed by atoms with Gasteiger partial charge in [0.1, 0.15) is 0 Å². The normalized spacial score (nSPS) is 20.6. The van der Waals surface area contributed by atoms with Crippen molar-refractivity contribution in [2.45, 2.75) is 12.0 Å². The second-order valence-electron chi connectivity index (χ2n) is 5.99. The lowest BCUT2D eigenvalue weighted by Gasteiger charge is -2.20. The number of hydrogen-bond acceptors (Lipinski definition) is 3. The minimum absolute atomic E-state index is 0.0264. The maximum absolute atomic E-state index is 12.8. The molecule has 0 spiro atoms.